The molecule has 1 saturated carbocycles. The summed E-state index contributed by atoms with van der Waals surface area (Å²) in [4.78, 5) is 14.5. The van der Waals surface area contributed by atoms with E-state index >= 15 is 0 Å². The molecule has 20 heavy (non-hydrogen) atoms. The van der Waals surface area contributed by atoms with Crippen LogP contribution in [-0.2, 0) is 4.79 Å². The standard InChI is InChI=1S/C16H31N3O/c1-13-6-10-19(11-7-13)9-3-2-8-18-16(20)14-4-5-15(17)12-14/h13-15H,2-12,17H2,1H3,(H,18,20). The van der Waals surface area contributed by atoms with Gasteiger partial charge in [0.2, 0.25) is 5.91 Å². The molecule has 4 heteroatoms. The number of likely N-dealkylation sites (tertiary alicyclic amines) is 1. The highest BCUT2D eigenvalue weighted by Gasteiger charge is 2.27. The van der Waals surface area contributed by atoms with E-state index in [-0.39, 0.29) is 17.9 Å². The van der Waals surface area contributed by atoms with Crippen LogP contribution < -0.4 is 11.1 Å². The third-order valence-corrected chi connectivity index (χ3v) is 4.92. The van der Waals surface area contributed by atoms with Crippen LogP contribution in [0.25, 0.3) is 0 Å². The lowest BCUT2D eigenvalue weighted by atomic mass is 9.99. The third-order valence-electron chi connectivity index (χ3n) is 4.92. The summed E-state index contributed by atoms with van der Waals surface area (Å²) >= 11 is 0. The Morgan fingerprint density at radius 3 is 2.60 bits per heavy atom. The van der Waals surface area contributed by atoms with Crippen molar-refractivity contribution in [2.75, 3.05) is 26.2 Å². The van der Waals surface area contributed by atoms with Gasteiger partial charge in [-0.3, -0.25) is 4.79 Å². The van der Waals surface area contributed by atoms with Crippen molar-refractivity contribution < 1.29 is 4.79 Å². The van der Waals surface area contributed by atoms with E-state index in [1.165, 1.54) is 38.9 Å². The summed E-state index contributed by atoms with van der Waals surface area (Å²) in [7, 11) is 0. The normalized spacial score (nSPS) is 28.7. The molecule has 4 nitrogen and oxygen atoms in total. The molecular weight excluding hydrogens is 250 g/mol. The molecule has 1 amide bonds. The second-order valence-corrected chi connectivity index (χ2v) is 6.79. The van der Waals surface area contributed by atoms with Crippen LogP contribution in [0, 0.1) is 11.8 Å². The summed E-state index contributed by atoms with van der Waals surface area (Å²) in [6.45, 7) is 6.88. The van der Waals surface area contributed by atoms with E-state index in [0.29, 0.717) is 0 Å². The quantitative estimate of drug-likeness (QED) is 0.729. The van der Waals surface area contributed by atoms with Crippen LogP contribution >= 0.6 is 0 Å². The summed E-state index contributed by atoms with van der Waals surface area (Å²) in [6, 6.07) is 0.243. The minimum absolute atomic E-state index is 0.175. The molecule has 2 unspecified atom stereocenters. The van der Waals surface area contributed by atoms with Crippen molar-refractivity contribution in [2.45, 2.75) is 57.9 Å². The number of piperidine rings is 1. The van der Waals surface area contributed by atoms with Gasteiger partial charge in [-0.1, -0.05) is 6.92 Å². The molecule has 2 fully saturated rings. The number of nitrogens with zero attached hydrogens (tertiary/aromatic N) is 1. The highest BCUT2D eigenvalue weighted by atomic mass is 16.1. The van der Waals surface area contributed by atoms with E-state index in [9.17, 15) is 4.79 Å². The van der Waals surface area contributed by atoms with E-state index in [1.807, 2.05) is 0 Å². The number of carbonyl (C=O) groups excluding carboxylic acids is 1. The molecule has 1 aliphatic heterocycles. The van der Waals surface area contributed by atoms with Crippen LogP contribution in [0.15, 0.2) is 0 Å². The highest BCUT2D eigenvalue weighted by molar-refractivity contribution is 5.78. The average molecular weight is 281 g/mol. The molecule has 0 spiro atoms. The summed E-state index contributed by atoms with van der Waals surface area (Å²) < 4.78 is 0. The van der Waals surface area contributed by atoms with Gasteiger partial charge in [0.1, 0.15) is 0 Å². The van der Waals surface area contributed by atoms with Gasteiger partial charge < -0.3 is 16.0 Å². The van der Waals surface area contributed by atoms with Gasteiger partial charge in [-0.2, -0.15) is 0 Å². The number of unbranched alkanes of at least 4 members (excludes halogenated alkanes) is 1. The van der Waals surface area contributed by atoms with Gasteiger partial charge in [-0.15, -0.1) is 0 Å². The first-order valence-electron chi connectivity index (χ1n) is 8.41. The van der Waals surface area contributed by atoms with E-state index in [0.717, 1.165) is 38.1 Å². The molecule has 116 valence electrons. The van der Waals surface area contributed by atoms with Crippen molar-refractivity contribution in [3.63, 3.8) is 0 Å². The van der Waals surface area contributed by atoms with Crippen molar-refractivity contribution in [1.29, 1.82) is 0 Å². The van der Waals surface area contributed by atoms with E-state index in [4.69, 9.17) is 5.73 Å². The van der Waals surface area contributed by atoms with Crippen LogP contribution in [0.4, 0.5) is 0 Å². The Morgan fingerprint density at radius 2 is 1.95 bits per heavy atom. The van der Waals surface area contributed by atoms with E-state index < -0.39 is 0 Å². The fourth-order valence-electron chi connectivity index (χ4n) is 3.36. The number of nitrogens with two attached hydrogens (primary N) is 1. The fourth-order valence-corrected chi connectivity index (χ4v) is 3.36. The lowest BCUT2D eigenvalue weighted by Gasteiger charge is -2.30. The molecule has 2 atom stereocenters. The molecule has 3 N–H and O–H groups in total. The van der Waals surface area contributed by atoms with Crippen LogP contribution in [0.3, 0.4) is 0 Å². The molecule has 0 bridgehead atoms. The minimum Gasteiger partial charge on any atom is -0.356 e. The largest absolute Gasteiger partial charge is 0.356 e. The topological polar surface area (TPSA) is 58.4 Å². The third kappa shape index (κ3) is 5.06. The predicted octanol–water partition coefficient (Wildman–Crippen LogP) is 1.74. The number of carbonyl (C=O) groups is 1. The first kappa shape index (κ1) is 15.8. The number of hydrogen-bond acceptors (Lipinski definition) is 3. The lowest BCUT2D eigenvalue weighted by Crippen LogP contribution is -2.34. The zero-order valence-electron chi connectivity index (χ0n) is 12.9. The molecular formula is C16H31N3O. The van der Waals surface area contributed by atoms with Crippen molar-refractivity contribution in [1.82, 2.24) is 10.2 Å². The second kappa shape index (κ2) is 7.99. The molecule has 0 radical (unpaired) electrons. The molecule has 0 aromatic carbocycles. The van der Waals surface area contributed by atoms with Gasteiger partial charge in [0, 0.05) is 18.5 Å². The SMILES string of the molecule is CC1CCN(CCCCNC(=O)C2CCC(N)C2)CC1. The fraction of sp³-hybridized carbons (Fsp3) is 0.938. The van der Waals surface area contributed by atoms with E-state index in [2.05, 4.69) is 17.1 Å². The molecule has 2 aliphatic rings. The summed E-state index contributed by atoms with van der Waals surface area (Å²) in [6.07, 6.45) is 7.83. The lowest BCUT2D eigenvalue weighted by molar-refractivity contribution is -0.124. The van der Waals surface area contributed by atoms with Gasteiger partial charge >= 0.3 is 0 Å². The van der Waals surface area contributed by atoms with Crippen LogP contribution in [-0.4, -0.2) is 43.0 Å². The maximum absolute atomic E-state index is 11.9. The molecule has 1 heterocycles. The van der Waals surface area contributed by atoms with Crippen molar-refractivity contribution in [3.05, 3.63) is 0 Å². The monoisotopic (exact) mass is 281 g/mol. The Balaban J connectivity index is 1.48. The Labute approximate surface area is 123 Å². The zero-order chi connectivity index (χ0) is 14.4. The summed E-state index contributed by atoms with van der Waals surface area (Å²) in [5.74, 6) is 1.31. The highest BCUT2D eigenvalue weighted by Crippen LogP contribution is 2.24. The number of nitrogens with one attached hydrogen (secondary N) is 1. The van der Waals surface area contributed by atoms with Gasteiger partial charge in [0.05, 0.1) is 0 Å². The Kier molecular flexibility index (Phi) is 6.30. The summed E-state index contributed by atoms with van der Waals surface area (Å²) in [5.41, 5.74) is 5.85. The zero-order valence-corrected chi connectivity index (χ0v) is 12.9. The minimum atomic E-state index is 0.175. The molecule has 0 aromatic rings. The van der Waals surface area contributed by atoms with Crippen LogP contribution in [0.1, 0.15) is 51.9 Å². The average Bonchev–Trinajstić information content (AvgIpc) is 2.87. The van der Waals surface area contributed by atoms with Crippen molar-refractivity contribution in [3.8, 4) is 0 Å². The number of amides is 1. The molecule has 2 rings (SSSR count). The first-order chi connectivity index (χ1) is 9.65. The molecule has 1 aliphatic carbocycles. The van der Waals surface area contributed by atoms with Crippen LogP contribution in [0.2, 0.25) is 0 Å². The maximum atomic E-state index is 11.9. The summed E-state index contributed by atoms with van der Waals surface area (Å²) in [5, 5.41) is 3.08. The predicted molar refractivity (Wildman–Crippen MR) is 82.4 cm³/mol. The number of rotatable bonds is 6. The first-order valence-corrected chi connectivity index (χ1v) is 8.41. The second-order valence-electron chi connectivity index (χ2n) is 6.79. The number of hydrogen-bond donors (Lipinski definition) is 2. The van der Waals surface area contributed by atoms with Gasteiger partial charge in [0.25, 0.3) is 0 Å². The maximum Gasteiger partial charge on any atom is 0.223 e. The Bertz CT molecular complexity index is 300. The molecule has 0 aromatic heterocycles. The van der Waals surface area contributed by atoms with E-state index in [1.54, 1.807) is 0 Å². The van der Waals surface area contributed by atoms with Gasteiger partial charge in [0.15, 0.2) is 0 Å². The van der Waals surface area contributed by atoms with Crippen molar-refractivity contribution in [2.24, 2.45) is 17.6 Å². The van der Waals surface area contributed by atoms with Crippen molar-refractivity contribution >= 4 is 5.91 Å². The Morgan fingerprint density at radius 1 is 1.20 bits per heavy atom. The smallest absolute Gasteiger partial charge is 0.223 e. The van der Waals surface area contributed by atoms with Gasteiger partial charge in [-0.25, -0.2) is 0 Å². The van der Waals surface area contributed by atoms with Crippen LogP contribution in [0.5, 0.6) is 0 Å². The van der Waals surface area contributed by atoms with Gasteiger partial charge in [-0.05, 0) is 70.5 Å². The Hall–Kier alpha value is -0.610. The molecule has 1 saturated heterocycles.